The molecule has 1 N–H and O–H groups in total. The van der Waals surface area contributed by atoms with Crippen molar-refractivity contribution in [3.8, 4) is 0 Å². The van der Waals surface area contributed by atoms with Crippen molar-refractivity contribution in [2.24, 2.45) is 0 Å². The van der Waals surface area contributed by atoms with Gasteiger partial charge in [-0.2, -0.15) is 4.98 Å². The summed E-state index contributed by atoms with van der Waals surface area (Å²) in [7, 11) is 1.54. The molecule has 2 heterocycles. The van der Waals surface area contributed by atoms with E-state index in [0.29, 0.717) is 31.9 Å². The molecule has 0 aliphatic carbocycles. The van der Waals surface area contributed by atoms with E-state index >= 15 is 0 Å². The number of hydrogen-bond donors (Lipinski definition) is 1. The van der Waals surface area contributed by atoms with Crippen LogP contribution in [0.1, 0.15) is 24.6 Å². The standard InChI is InChI=1S/C11H16F2N2O4/c1-17-11(2-4-18-5-3-11)10-14-8(19-15-10)6-7(16)9(12)13/h7,9,16H,2-6H2,1H3. The van der Waals surface area contributed by atoms with Crippen LogP contribution in [0, 0.1) is 0 Å². The van der Waals surface area contributed by atoms with E-state index in [-0.39, 0.29) is 12.3 Å². The molecule has 0 amide bonds. The Morgan fingerprint density at radius 2 is 2.11 bits per heavy atom. The lowest BCUT2D eigenvalue weighted by atomic mass is 9.93. The second-order valence-corrected chi connectivity index (χ2v) is 4.43. The molecular weight excluding hydrogens is 262 g/mol. The number of rotatable bonds is 5. The molecule has 1 aromatic rings. The molecule has 108 valence electrons. The third kappa shape index (κ3) is 3.07. The number of aliphatic hydroxyl groups excluding tert-OH is 1. The summed E-state index contributed by atoms with van der Waals surface area (Å²) < 4.78 is 40.1. The number of aromatic nitrogens is 2. The number of nitrogens with zero attached hydrogens (tertiary/aromatic N) is 2. The van der Waals surface area contributed by atoms with Crippen molar-refractivity contribution in [2.45, 2.75) is 37.4 Å². The average Bonchev–Trinajstić information content (AvgIpc) is 2.88. The Labute approximate surface area is 108 Å². The van der Waals surface area contributed by atoms with Crippen LogP contribution in [-0.2, 0) is 21.5 Å². The Morgan fingerprint density at radius 1 is 1.42 bits per heavy atom. The van der Waals surface area contributed by atoms with E-state index < -0.39 is 18.1 Å². The number of methoxy groups -OCH3 is 1. The van der Waals surface area contributed by atoms with Gasteiger partial charge in [0.15, 0.2) is 0 Å². The van der Waals surface area contributed by atoms with Gasteiger partial charge < -0.3 is 19.1 Å². The summed E-state index contributed by atoms with van der Waals surface area (Å²) in [6.45, 7) is 1.02. The quantitative estimate of drug-likeness (QED) is 0.862. The Bertz CT molecular complexity index is 407. The molecule has 1 aliphatic rings. The molecule has 1 aromatic heterocycles. The van der Waals surface area contributed by atoms with Gasteiger partial charge in [-0.25, -0.2) is 8.78 Å². The summed E-state index contributed by atoms with van der Waals surface area (Å²) in [5.74, 6) is 0.292. The lowest BCUT2D eigenvalue weighted by Crippen LogP contribution is -2.36. The molecule has 1 fully saturated rings. The van der Waals surface area contributed by atoms with Crippen molar-refractivity contribution >= 4 is 0 Å². The third-order valence-corrected chi connectivity index (χ3v) is 3.24. The molecule has 1 atom stereocenters. The van der Waals surface area contributed by atoms with Gasteiger partial charge in [0.2, 0.25) is 11.7 Å². The normalized spacial score (nSPS) is 20.7. The second-order valence-electron chi connectivity index (χ2n) is 4.43. The zero-order chi connectivity index (χ0) is 13.9. The van der Waals surface area contributed by atoms with E-state index in [0.717, 1.165) is 0 Å². The van der Waals surface area contributed by atoms with Gasteiger partial charge in [0.1, 0.15) is 11.7 Å². The highest BCUT2D eigenvalue weighted by Gasteiger charge is 2.39. The van der Waals surface area contributed by atoms with Crippen molar-refractivity contribution in [3.05, 3.63) is 11.7 Å². The van der Waals surface area contributed by atoms with E-state index in [4.69, 9.17) is 19.1 Å². The highest BCUT2D eigenvalue weighted by Crippen LogP contribution is 2.33. The van der Waals surface area contributed by atoms with E-state index in [1.807, 2.05) is 0 Å². The Balaban J connectivity index is 2.10. The second kappa shape index (κ2) is 5.89. The molecule has 0 bridgehead atoms. The molecule has 0 aromatic carbocycles. The summed E-state index contributed by atoms with van der Waals surface area (Å²) >= 11 is 0. The molecule has 8 heteroatoms. The van der Waals surface area contributed by atoms with Crippen molar-refractivity contribution in [2.75, 3.05) is 20.3 Å². The lowest BCUT2D eigenvalue weighted by Gasteiger charge is -2.32. The first-order valence-corrected chi connectivity index (χ1v) is 5.99. The summed E-state index contributed by atoms with van der Waals surface area (Å²) in [5, 5.41) is 12.9. The number of halogens is 2. The first kappa shape index (κ1) is 14.3. The van der Waals surface area contributed by atoms with E-state index in [9.17, 15) is 8.78 Å². The van der Waals surface area contributed by atoms with Gasteiger partial charge in [-0.15, -0.1) is 0 Å². The smallest absolute Gasteiger partial charge is 0.264 e. The maximum absolute atomic E-state index is 12.2. The molecular formula is C11H16F2N2O4. The highest BCUT2D eigenvalue weighted by atomic mass is 19.3. The largest absolute Gasteiger partial charge is 0.387 e. The fraction of sp³-hybridized carbons (Fsp3) is 0.818. The Hall–Kier alpha value is -1.12. The van der Waals surface area contributed by atoms with Crippen molar-refractivity contribution in [1.29, 1.82) is 0 Å². The maximum atomic E-state index is 12.2. The zero-order valence-corrected chi connectivity index (χ0v) is 10.5. The maximum Gasteiger partial charge on any atom is 0.264 e. The summed E-state index contributed by atoms with van der Waals surface area (Å²) in [6, 6.07) is 0. The third-order valence-electron chi connectivity index (χ3n) is 3.24. The van der Waals surface area contributed by atoms with Gasteiger partial charge >= 0.3 is 0 Å². The SMILES string of the molecule is COC1(c2noc(CC(O)C(F)F)n2)CCOCC1. The minimum atomic E-state index is -2.84. The first-order chi connectivity index (χ1) is 9.07. The van der Waals surface area contributed by atoms with Crippen LogP contribution < -0.4 is 0 Å². The summed E-state index contributed by atoms with van der Waals surface area (Å²) in [6.07, 6.45) is -3.88. The van der Waals surface area contributed by atoms with Crippen LogP contribution in [0.4, 0.5) is 8.78 Å². The van der Waals surface area contributed by atoms with Crippen LogP contribution in [0.25, 0.3) is 0 Å². The molecule has 2 rings (SSSR count). The molecule has 0 spiro atoms. The number of alkyl halides is 2. The van der Waals surface area contributed by atoms with Crippen molar-refractivity contribution in [1.82, 2.24) is 10.1 Å². The number of ether oxygens (including phenoxy) is 2. The number of hydrogen-bond acceptors (Lipinski definition) is 6. The minimum Gasteiger partial charge on any atom is -0.387 e. The van der Waals surface area contributed by atoms with Crippen LogP contribution in [-0.4, -0.2) is 48.1 Å². The topological polar surface area (TPSA) is 77.6 Å². The monoisotopic (exact) mass is 278 g/mol. The summed E-state index contributed by atoms with van der Waals surface area (Å²) in [5.41, 5.74) is -0.699. The number of aliphatic hydroxyl groups is 1. The van der Waals surface area contributed by atoms with Crippen LogP contribution in [0.2, 0.25) is 0 Å². The fourth-order valence-electron chi connectivity index (χ4n) is 2.01. The fourth-order valence-corrected chi connectivity index (χ4v) is 2.01. The van der Waals surface area contributed by atoms with Gasteiger partial charge in [0.25, 0.3) is 6.43 Å². The van der Waals surface area contributed by atoms with Crippen LogP contribution >= 0.6 is 0 Å². The summed E-state index contributed by atoms with van der Waals surface area (Å²) in [4.78, 5) is 4.05. The molecule has 0 radical (unpaired) electrons. The zero-order valence-electron chi connectivity index (χ0n) is 10.5. The molecule has 1 unspecified atom stereocenters. The highest BCUT2D eigenvalue weighted by molar-refractivity contribution is 5.03. The van der Waals surface area contributed by atoms with Gasteiger partial charge in [-0.1, -0.05) is 5.16 Å². The van der Waals surface area contributed by atoms with E-state index in [2.05, 4.69) is 10.1 Å². The molecule has 1 saturated heterocycles. The molecule has 0 saturated carbocycles. The predicted octanol–water partition coefficient (Wildman–Crippen LogP) is 0.890. The van der Waals surface area contributed by atoms with Gasteiger partial charge in [0.05, 0.1) is 6.42 Å². The molecule has 19 heavy (non-hydrogen) atoms. The van der Waals surface area contributed by atoms with Crippen LogP contribution in [0.3, 0.4) is 0 Å². The average molecular weight is 278 g/mol. The van der Waals surface area contributed by atoms with Crippen molar-refractivity contribution < 1.29 is 27.9 Å². The predicted molar refractivity (Wildman–Crippen MR) is 58.8 cm³/mol. The lowest BCUT2D eigenvalue weighted by molar-refractivity contribution is -0.101. The molecule has 6 nitrogen and oxygen atoms in total. The van der Waals surface area contributed by atoms with Crippen LogP contribution in [0.5, 0.6) is 0 Å². The Morgan fingerprint density at radius 3 is 2.68 bits per heavy atom. The van der Waals surface area contributed by atoms with Gasteiger partial charge in [0, 0.05) is 33.2 Å². The Kier molecular flexibility index (Phi) is 4.43. The van der Waals surface area contributed by atoms with E-state index in [1.54, 1.807) is 0 Å². The first-order valence-electron chi connectivity index (χ1n) is 5.99. The van der Waals surface area contributed by atoms with E-state index in [1.165, 1.54) is 7.11 Å². The minimum absolute atomic E-state index is 0.0225. The van der Waals surface area contributed by atoms with Gasteiger partial charge in [-0.3, -0.25) is 0 Å². The van der Waals surface area contributed by atoms with Crippen LogP contribution in [0.15, 0.2) is 4.52 Å². The van der Waals surface area contributed by atoms with Crippen molar-refractivity contribution in [3.63, 3.8) is 0 Å². The molecule has 1 aliphatic heterocycles. The van der Waals surface area contributed by atoms with Gasteiger partial charge in [-0.05, 0) is 0 Å².